The Labute approximate surface area is 137 Å². The van der Waals surface area contributed by atoms with E-state index in [9.17, 15) is 9.59 Å². The van der Waals surface area contributed by atoms with Gasteiger partial charge in [0.2, 0.25) is 0 Å². The lowest BCUT2D eigenvalue weighted by molar-refractivity contribution is -0.156. The van der Waals surface area contributed by atoms with E-state index in [0.29, 0.717) is 6.42 Å². The van der Waals surface area contributed by atoms with Crippen molar-refractivity contribution in [1.29, 1.82) is 0 Å². The number of benzene rings is 1. The first-order chi connectivity index (χ1) is 10.5. The van der Waals surface area contributed by atoms with Crippen LogP contribution in [0.4, 0.5) is 0 Å². The molecule has 3 rings (SSSR count). The number of thioether (sulfide) groups is 1. The topological polar surface area (TPSA) is 56.3 Å². The number of para-hydroxylation sites is 1. The minimum atomic E-state index is -0.977. The molecule has 0 N–H and O–H groups in total. The number of nitrogens with zero attached hydrogens (tertiary/aromatic N) is 1. The third-order valence-corrected chi connectivity index (χ3v) is 6.34. The highest BCUT2D eigenvalue weighted by Gasteiger charge is 2.49. The van der Waals surface area contributed by atoms with Crippen LogP contribution in [0.5, 0.6) is 0 Å². The molecule has 0 bridgehead atoms. The Balaban J connectivity index is 1.70. The van der Waals surface area contributed by atoms with E-state index in [-0.39, 0.29) is 23.4 Å². The largest absolute Gasteiger partial charge is 0.451 e. The van der Waals surface area contributed by atoms with Gasteiger partial charge in [0.25, 0.3) is 0 Å². The lowest BCUT2D eigenvalue weighted by Crippen LogP contribution is -2.42. The molecule has 6 heteroatoms. The number of cyclic esters (lactones) is 1. The Morgan fingerprint density at radius 1 is 1.50 bits per heavy atom. The van der Waals surface area contributed by atoms with Crippen LogP contribution in [0.3, 0.4) is 0 Å². The second kappa shape index (κ2) is 6.01. The summed E-state index contributed by atoms with van der Waals surface area (Å²) in [5, 5.41) is 0. The standard InChI is InChI=1S/C16H17NO3S2/c1-3-10-8-14(19)20-16(10,2)13(18)9-21-15-17-11-6-4-5-7-12(11)22-15/h4-7,10H,3,8-9H2,1-2H3/t10-,16+/m1/s1. The Morgan fingerprint density at radius 3 is 3.00 bits per heavy atom. The molecule has 0 saturated carbocycles. The van der Waals surface area contributed by atoms with Crippen LogP contribution >= 0.6 is 23.1 Å². The molecule has 0 unspecified atom stereocenters. The van der Waals surface area contributed by atoms with Crippen molar-refractivity contribution in [2.75, 3.05) is 5.75 Å². The van der Waals surface area contributed by atoms with Crippen LogP contribution < -0.4 is 0 Å². The Hall–Kier alpha value is -1.40. The van der Waals surface area contributed by atoms with E-state index >= 15 is 0 Å². The van der Waals surface area contributed by atoms with Gasteiger partial charge in [0.15, 0.2) is 15.7 Å². The van der Waals surface area contributed by atoms with Gasteiger partial charge in [-0.25, -0.2) is 4.98 Å². The monoisotopic (exact) mass is 335 g/mol. The Bertz CT molecular complexity index is 694. The van der Waals surface area contributed by atoms with Crippen molar-refractivity contribution >= 4 is 45.1 Å². The minimum absolute atomic E-state index is 0.0246. The van der Waals surface area contributed by atoms with Crippen LogP contribution in [0.1, 0.15) is 26.7 Å². The lowest BCUT2D eigenvalue weighted by atomic mass is 9.84. The number of ether oxygens (including phenoxy) is 1. The molecule has 1 aromatic carbocycles. The van der Waals surface area contributed by atoms with Gasteiger partial charge in [-0.3, -0.25) is 9.59 Å². The number of carbonyl (C=O) groups excluding carboxylic acids is 2. The quantitative estimate of drug-likeness (QED) is 0.616. The van der Waals surface area contributed by atoms with E-state index in [1.54, 1.807) is 18.3 Å². The van der Waals surface area contributed by atoms with Crippen molar-refractivity contribution in [3.05, 3.63) is 24.3 Å². The molecule has 0 aliphatic carbocycles. The van der Waals surface area contributed by atoms with Crippen molar-refractivity contribution < 1.29 is 14.3 Å². The van der Waals surface area contributed by atoms with Crippen molar-refractivity contribution in [3.8, 4) is 0 Å². The normalized spacial score (nSPS) is 24.6. The number of esters is 1. The molecule has 1 saturated heterocycles. The number of ketones is 1. The van der Waals surface area contributed by atoms with Gasteiger partial charge in [0.1, 0.15) is 0 Å². The number of aromatic nitrogens is 1. The molecule has 0 radical (unpaired) electrons. The van der Waals surface area contributed by atoms with Gasteiger partial charge >= 0.3 is 5.97 Å². The molecule has 2 heterocycles. The van der Waals surface area contributed by atoms with Gasteiger partial charge in [0.05, 0.1) is 22.4 Å². The van der Waals surface area contributed by atoms with E-state index in [1.807, 2.05) is 31.2 Å². The van der Waals surface area contributed by atoms with E-state index < -0.39 is 5.60 Å². The van der Waals surface area contributed by atoms with E-state index in [1.165, 1.54) is 11.8 Å². The highest BCUT2D eigenvalue weighted by molar-refractivity contribution is 8.01. The second-order valence-corrected chi connectivity index (χ2v) is 7.80. The zero-order valence-electron chi connectivity index (χ0n) is 12.5. The average molecular weight is 335 g/mol. The van der Waals surface area contributed by atoms with E-state index in [4.69, 9.17) is 4.74 Å². The highest BCUT2D eigenvalue weighted by Crippen LogP contribution is 2.38. The number of hydrogen-bond donors (Lipinski definition) is 0. The molecular weight excluding hydrogens is 318 g/mol. The zero-order valence-corrected chi connectivity index (χ0v) is 14.1. The molecule has 22 heavy (non-hydrogen) atoms. The Morgan fingerprint density at radius 2 is 2.27 bits per heavy atom. The SMILES string of the molecule is CC[C@@H]1CC(=O)O[C@]1(C)C(=O)CSc1nc2ccccc2s1. The number of thiazole rings is 1. The molecule has 2 aromatic rings. The molecule has 1 aliphatic rings. The number of Topliss-reactive ketones (excluding diaryl/α,β-unsaturated/α-hetero) is 1. The summed E-state index contributed by atoms with van der Waals surface area (Å²) in [7, 11) is 0. The number of carbonyl (C=O) groups is 2. The fourth-order valence-electron chi connectivity index (χ4n) is 2.76. The predicted molar refractivity (Wildman–Crippen MR) is 88.2 cm³/mol. The number of rotatable bonds is 5. The summed E-state index contributed by atoms with van der Waals surface area (Å²) in [6.07, 6.45) is 1.10. The summed E-state index contributed by atoms with van der Waals surface area (Å²) in [4.78, 5) is 28.6. The van der Waals surface area contributed by atoms with Crippen LogP contribution in [0.25, 0.3) is 10.2 Å². The first kappa shape index (κ1) is 15.5. The maximum atomic E-state index is 12.5. The van der Waals surface area contributed by atoms with E-state index in [2.05, 4.69) is 4.98 Å². The van der Waals surface area contributed by atoms with E-state index in [0.717, 1.165) is 21.0 Å². The molecule has 0 spiro atoms. The van der Waals surface area contributed by atoms with Crippen LogP contribution in [0, 0.1) is 5.92 Å². The maximum Gasteiger partial charge on any atom is 0.307 e. The fourth-order valence-corrected chi connectivity index (χ4v) is 4.84. The van der Waals surface area contributed by atoms with Crippen LogP contribution in [-0.2, 0) is 14.3 Å². The summed E-state index contributed by atoms with van der Waals surface area (Å²) < 4.78 is 7.33. The summed E-state index contributed by atoms with van der Waals surface area (Å²) in [5.41, 5.74) is -0.0254. The molecule has 2 atom stereocenters. The van der Waals surface area contributed by atoms with Gasteiger partial charge in [-0.15, -0.1) is 11.3 Å². The second-order valence-electron chi connectivity index (χ2n) is 5.55. The molecule has 116 valence electrons. The molecular formula is C16H17NO3S2. The number of hydrogen-bond acceptors (Lipinski definition) is 6. The molecule has 1 fully saturated rings. The minimum Gasteiger partial charge on any atom is -0.451 e. The fraction of sp³-hybridized carbons (Fsp3) is 0.438. The third-order valence-electron chi connectivity index (χ3n) is 4.17. The predicted octanol–water partition coefficient (Wildman–Crippen LogP) is 3.69. The first-order valence-electron chi connectivity index (χ1n) is 7.26. The molecule has 1 aliphatic heterocycles. The summed E-state index contributed by atoms with van der Waals surface area (Å²) in [6.45, 7) is 3.73. The smallest absolute Gasteiger partial charge is 0.307 e. The van der Waals surface area contributed by atoms with Gasteiger partial charge in [-0.2, -0.15) is 0 Å². The van der Waals surface area contributed by atoms with Crippen LogP contribution in [0.15, 0.2) is 28.6 Å². The van der Waals surface area contributed by atoms with Gasteiger partial charge in [-0.1, -0.05) is 30.8 Å². The lowest BCUT2D eigenvalue weighted by Gasteiger charge is -2.26. The highest BCUT2D eigenvalue weighted by atomic mass is 32.2. The van der Waals surface area contributed by atoms with Gasteiger partial charge in [0, 0.05) is 5.92 Å². The molecule has 0 amide bonds. The number of fused-ring (bicyclic) bond motifs is 1. The maximum absolute atomic E-state index is 12.5. The van der Waals surface area contributed by atoms with Gasteiger partial charge in [-0.05, 0) is 25.5 Å². The zero-order chi connectivity index (χ0) is 15.7. The molecule has 4 nitrogen and oxygen atoms in total. The van der Waals surface area contributed by atoms with Crippen molar-refractivity contribution in [3.63, 3.8) is 0 Å². The van der Waals surface area contributed by atoms with Crippen molar-refractivity contribution in [1.82, 2.24) is 4.98 Å². The van der Waals surface area contributed by atoms with Crippen LogP contribution in [0.2, 0.25) is 0 Å². The summed E-state index contributed by atoms with van der Waals surface area (Å²) >= 11 is 3.00. The third kappa shape index (κ3) is 2.77. The summed E-state index contributed by atoms with van der Waals surface area (Å²) in [6, 6.07) is 7.91. The average Bonchev–Trinajstić information content (AvgIpc) is 3.05. The van der Waals surface area contributed by atoms with Crippen LogP contribution in [-0.4, -0.2) is 28.1 Å². The van der Waals surface area contributed by atoms with Crippen molar-refractivity contribution in [2.24, 2.45) is 5.92 Å². The first-order valence-corrected chi connectivity index (χ1v) is 9.06. The molecule has 1 aromatic heterocycles. The van der Waals surface area contributed by atoms with Crippen molar-refractivity contribution in [2.45, 2.75) is 36.6 Å². The van der Waals surface area contributed by atoms with Gasteiger partial charge < -0.3 is 4.74 Å². The Kier molecular flexibility index (Phi) is 4.23. The summed E-state index contributed by atoms with van der Waals surface area (Å²) in [5.74, 6) is -0.0503.